The van der Waals surface area contributed by atoms with Crippen LogP contribution < -0.4 is 5.32 Å². The molecule has 1 aromatic carbocycles. The van der Waals surface area contributed by atoms with Gasteiger partial charge in [0.05, 0.1) is 15.2 Å². The van der Waals surface area contributed by atoms with E-state index in [-0.39, 0.29) is 5.82 Å². The number of rotatable bonds is 2. The molecule has 0 spiro atoms. The Labute approximate surface area is 84.0 Å². The molecule has 0 saturated carbocycles. The van der Waals surface area contributed by atoms with E-state index in [0.29, 0.717) is 21.7 Å². The SMILES string of the molecule is CCNc1c(Cl)ccc(Br)c1F. The van der Waals surface area contributed by atoms with Crippen molar-refractivity contribution in [3.05, 3.63) is 27.4 Å². The maximum absolute atomic E-state index is 13.3. The lowest BCUT2D eigenvalue weighted by molar-refractivity contribution is 0.624. The summed E-state index contributed by atoms with van der Waals surface area (Å²) in [4.78, 5) is 0. The van der Waals surface area contributed by atoms with E-state index in [4.69, 9.17) is 11.6 Å². The van der Waals surface area contributed by atoms with Gasteiger partial charge in [0.1, 0.15) is 0 Å². The molecule has 0 aliphatic rings. The highest BCUT2D eigenvalue weighted by atomic mass is 79.9. The summed E-state index contributed by atoms with van der Waals surface area (Å²) in [5.41, 5.74) is 0.355. The first-order valence-electron chi connectivity index (χ1n) is 3.54. The minimum atomic E-state index is -0.343. The highest BCUT2D eigenvalue weighted by Gasteiger charge is 2.08. The Morgan fingerprint density at radius 3 is 2.83 bits per heavy atom. The van der Waals surface area contributed by atoms with E-state index in [1.54, 1.807) is 12.1 Å². The molecule has 0 radical (unpaired) electrons. The van der Waals surface area contributed by atoms with Crippen LogP contribution in [0, 0.1) is 5.82 Å². The van der Waals surface area contributed by atoms with Gasteiger partial charge in [-0.25, -0.2) is 4.39 Å². The van der Waals surface area contributed by atoms with Gasteiger partial charge in [0, 0.05) is 6.54 Å². The van der Waals surface area contributed by atoms with E-state index in [1.807, 2.05) is 6.92 Å². The minimum Gasteiger partial charge on any atom is -0.382 e. The van der Waals surface area contributed by atoms with Crippen LogP contribution in [0.4, 0.5) is 10.1 Å². The van der Waals surface area contributed by atoms with Crippen LogP contribution >= 0.6 is 27.5 Å². The fourth-order valence-corrected chi connectivity index (χ4v) is 1.41. The lowest BCUT2D eigenvalue weighted by atomic mass is 10.3. The molecule has 0 amide bonds. The number of nitrogens with one attached hydrogen (secondary N) is 1. The Hall–Kier alpha value is -0.280. The first-order chi connectivity index (χ1) is 5.66. The van der Waals surface area contributed by atoms with Crippen LogP contribution in [0.15, 0.2) is 16.6 Å². The van der Waals surface area contributed by atoms with Gasteiger partial charge < -0.3 is 5.32 Å². The van der Waals surface area contributed by atoms with E-state index in [9.17, 15) is 4.39 Å². The van der Waals surface area contributed by atoms with Gasteiger partial charge in [-0.15, -0.1) is 0 Å². The van der Waals surface area contributed by atoms with Crippen LogP contribution in [-0.2, 0) is 0 Å². The molecule has 1 nitrogen and oxygen atoms in total. The van der Waals surface area contributed by atoms with Gasteiger partial charge in [0.2, 0.25) is 0 Å². The first kappa shape index (κ1) is 9.81. The van der Waals surface area contributed by atoms with Crippen molar-refractivity contribution in [2.45, 2.75) is 6.92 Å². The smallest absolute Gasteiger partial charge is 0.161 e. The summed E-state index contributed by atoms with van der Waals surface area (Å²) < 4.78 is 13.7. The highest BCUT2D eigenvalue weighted by Crippen LogP contribution is 2.30. The number of benzene rings is 1. The molecule has 0 aromatic heterocycles. The molecule has 0 aliphatic heterocycles. The lowest BCUT2D eigenvalue weighted by Crippen LogP contribution is -2.00. The predicted octanol–water partition coefficient (Wildman–Crippen LogP) is 3.67. The van der Waals surface area contributed by atoms with Crippen LogP contribution in [0.1, 0.15) is 6.92 Å². The van der Waals surface area contributed by atoms with E-state index >= 15 is 0 Å². The minimum absolute atomic E-state index is 0.343. The topological polar surface area (TPSA) is 12.0 Å². The molecule has 66 valence electrons. The Morgan fingerprint density at radius 1 is 1.58 bits per heavy atom. The summed E-state index contributed by atoms with van der Waals surface area (Å²) >= 11 is 8.83. The van der Waals surface area contributed by atoms with Crippen molar-refractivity contribution in [3.63, 3.8) is 0 Å². The quantitative estimate of drug-likeness (QED) is 0.792. The molecule has 0 heterocycles. The Balaban J connectivity index is 3.14. The van der Waals surface area contributed by atoms with E-state index < -0.39 is 0 Å². The van der Waals surface area contributed by atoms with E-state index in [0.717, 1.165) is 0 Å². The Morgan fingerprint density at radius 2 is 2.25 bits per heavy atom. The number of hydrogen-bond acceptors (Lipinski definition) is 1. The molecular weight excluding hydrogens is 244 g/mol. The van der Waals surface area contributed by atoms with Gasteiger partial charge >= 0.3 is 0 Å². The standard InChI is InChI=1S/C8H8BrClFN/c1-2-12-8-6(10)4-3-5(9)7(8)11/h3-4,12H,2H2,1H3. The van der Waals surface area contributed by atoms with Crippen molar-refractivity contribution < 1.29 is 4.39 Å². The molecule has 4 heteroatoms. The second-order valence-corrected chi connectivity index (χ2v) is 3.51. The first-order valence-corrected chi connectivity index (χ1v) is 4.71. The molecule has 0 atom stereocenters. The second-order valence-electron chi connectivity index (χ2n) is 2.25. The third-order valence-electron chi connectivity index (χ3n) is 1.40. The highest BCUT2D eigenvalue weighted by molar-refractivity contribution is 9.10. The summed E-state index contributed by atoms with van der Waals surface area (Å²) in [6.45, 7) is 2.53. The second kappa shape index (κ2) is 4.10. The summed E-state index contributed by atoms with van der Waals surface area (Å²) in [5, 5.41) is 3.25. The van der Waals surface area contributed by atoms with Crippen molar-refractivity contribution in [3.8, 4) is 0 Å². The van der Waals surface area contributed by atoms with Crippen LogP contribution in [0.5, 0.6) is 0 Å². The number of anilines is 1. The fraction of sp³-hybridized carbons (Fsp3) is 0.250. The summed E-state index contributed by atoms with van der Waals surface area (Å²) in [6.07, 6.45) is 0. The van der Waals surface area contributed by atoms with Gasteiger partial charge in [-0.3, -0.25) is 0 Å². The number of halogens is 3. The maximum atomic E-state index is 13.3. The molecule has 0 unspecified atom stereocenters. The van der Waals surface area contributed by atoms with E-state index in [1.165, 1.54) is 0 Å². The van der Waals surface area contributed by atoms with Gasteiger partial charge in [-0.05, 0) is 35.0 Å². The van der Waals surface area contributed by atoms with Crippen LogP contribution in [-0.4, -0.2) is 6.54 Å². The molecule has 0 fully saturated rings. The van der Waals surface area contributed by atoms with Crippen molar-refractivity contribution in [1.82, 2.24) is 0 Å². The van der Waals surface area contributed by atoms with Crippen LogP contribution in [0.2, 0.25) is 5.02 Å². The van der Waals surface area contributed by atoms with Crippen LogP contribution in [0.25, 0.3) is 0 Å². The van der Waals surface area contributed by atoms with Gasteiger partial charge in [-0.1, -0.05) is 11.6 Å². The molecule has 1 N–H and O–H groups in total. The average molecular weight is 253 g/mol. The van der Waals surface area contributed by atoms with Crippen molar-refractivity contribution >= 4 is 33.2 Å². The third kappa shape index (κ3) is 1.90. The van der Waals surface area contributed by atoms with Crippen molar-refractivity contribution in [1.29, 1.82) is 0 Å². The zero-order valence-electron chi connectivity index (χ0n) is 6.50. The third-order valence-corrected chi connectivity index (χ3v) is 2.32. The predicted molar refractivity (Wildman–Crippen MR) is 53.3 cm³/mol. The van der Waals surface area contributed by atoms with Gasteiger partial charge in [0.15, 0.2) is 5.82 Å². The summed E-state index contributed by atoms with van der Waals surface area (Å²) in [6, 6.07) is 3.23. The normalized spacial score (nSPS) is 10.0. The van der Waals surface area contributed by atoms with Crippen molar-refractivity contribution in [2.75, 3.05) is 11.9 Å². The van der Waals surface area contributed by atoms with Gasteiger partial charge in [-0.2, -0.15) is 0 Å². The van der Waals surface area contributed by atoms with Crippen LogP contribution in [0.3, 0.4) is 0 Å². The molecule has 1 rings (SSSR count). The fourth-order valence-electron chi connectivity index (χ4n) is 0.866. The average Bonchev–Trinajstić information content (AvgIpc) is 2.06. The molecular formula is C8H8BrClFN. The number of hydrogen-bond donors (Lipinski definition) is 1. The molecule has 0 bridgehead atoms. The van der Waals surface area contributed by atoms with E-state index in [2.05, 4.69) is 21.2 Å². The van der Waals surface area contributed by atoms with Crippen molar-refractivity contribution in [2.24, 2.45) is 0 Å². The Bertz CT molecular complexity index is 291. The zero-order chi connectivity index (χ0) is 9.14. The summed E-state index contributed by atoms with van der Waals surface area (Å²) in [7, 11) is 0. The largest absolute Gasteiger partial charge is 0.382 e. The molecule has 0 saturated heterocycles. The molecule has 1 aromatic rings. The zero-order valence-corrected chi connectivity index (χ0v) is 8.84. The maximum Gasteiger partial charge on any atom is 0.161 e. The monoisotopic (exact) mass is 251 g/mol. The summed E-state index contributed by atoms with van der Waals surface area (Å²) in [5.74, 6) is -0.343. The lowest BCUT2D eigenvalue weighted by Gasteiger charge is -2.07. The molecule has 12 heavy (non-hydrogen) atoms. The van der Waals surface area contributed by atoms with Gasteiger partial charge in [0.25, 0.3) is 0 Å². The molecule has 0 aliphatic carbocycles. The Kier molecular flexibility index (Phi) is 3.35.